The summed E-state index contributed by atoms with van der Waals surface area (Å²) in [6.07, 6.45) is 1.01. The number of benzene rings is 2. The van der Waals surface area contributed by atoms with Gasteiger partial charge in [-0.05, 0) is 29.3 Å². The van der Waals surface area contributed by atoms with Gasteiger partial charge in [0.15, 0.2) is 0 Å². The zero-order valence-electron chi connectivity index (χ0n) is 21.6. The molecule has 2 N–H and O–H groups in total. The Morgan fingerprint density at radius 1 is 1.19 bits per heavy atom. The van der Waals surface area contributed by atoms with E-state index in [-0.39, 0.29) is 19.0 Å². The van der Waals surface area contributed by atoms with Gasteiger partial charge in [-0.15, -0.1) is 5.10 Å². The third-order valence-electron chi connectivity index (χ3n) is 6.14. The normalized spacial score (nSPS) is 15.6. The summed E-state index contributed by atoms with van der Waals surface area (Å²) in [6.45, 7) is 10.8. The van der Waals surface area contributed by atoms with E-state index in [9.17, 15) is 14.0 Å². The summed E-state index contributed by atoms with van der Waals surface area (Å²) < 4.78 is 22.1. The van der Waals surface area contributed by atoms with Crippen molar-refractivity contribution in [2.24, 2.45) is 0 Å². The second-order valence-corrected chi connectivity index (χ2v) is 15.2. The minimum atomic E-state index is -1.45. The summed E-state index contributed by atoms with van der Waals surface area (Å²) in [5, 5.41) is 15.7. The number of carbonyl (C=O) groups excluding carboxylic acids is 2. The van der Waals surface area contributed by atoms with Gasteiger partial charge in [-0.2, -0.15) is 0 Å². The minimum Gasteiger partial charge on any atom is -0.442 e. The number of cyclic esters (lactones) is 1. The van der Waals surface area contributed by atoms with Crippen molar-refractivity contribution >= 4 is 31.1 Å². The molecule has 3 aromatic rings. The monoisotopic (exact) mass is 524 g/mol. The standard InChI is InChI=1S/C26H33FN6O3Si/c1-18(34)29-15-22-16-33(26(35)36-22)21-9-10-23(24(27)13-21)20-7-5-19(6-8-20)14-28-11-12-32-17-25(30-31-32)37(2,3)4/h5-10,13,17,22,28H,11-12,14-16H2,1-4H3,(H,29,34). The smallest absolute Gasteiger partial charge is 0.414 e. The molecule has 1 saturated heterocycles. The zero-order valence-corrected chi connectivity index (χ0v) is 22.6. The van der Waals surface area contributed by atoms with Gasteiger partial charge in [0.25, 0.3) is 0 Å². The second-order valence-electron chi connectivity index (χ2n) is 10.2. The first-order chi connectivity index (χ1) is 17.6. The van der Waals surface area contributed by atoms with E-state index in [1.54, 1.807) is 12.1 Å². The summed E-state index contributed by atoms with van der Waals surface area (Å²) in [6, 6.07) is 12.4. The lowest BCUT2D eigenvalue weighted by molar-refractivity contribution is -0.119. The number of rotatable bonds is 10. The van der Waals surface area contributed by atoms with Gasteiger partial charge in [0, 0.05) is 31.8 Å². The average molecular weight is 525 g/mol. The summed E-state index contributed by atoms with van der Waals surface area (Å²) >= 11 is 0. The maximum Gasteiger partial charge on any atom is 0.414 e. The molecule has 4 rings (SSSR count). The number of hydrogen-bond acceptors (Lipinski definition) is 6. The van der Waals surface area contributed by atoms with Crippen molar-refractivity contribution in [3.8, 4) is 11.1 Å². The van der Waals surface area contributed by atoms with Crippen LogP contribution in [-0.2, 0) is 22.6 Å². The highest BCUT2D eigenvalue weighted by Crippen LogP contribution is 2.29. The topological polar surface area (TPSA) is 101 Å². The van der Waals surface area contributed by atoms with Crippen LogP contribution in [-0.4, -0.2) is 60.8 Å². The van der Waals surface area contributed by atoms with Crippen molar-refractivity contribution in [1.29, 1.82) is 0 Å². The van der Waals surface area contributed by atoms with Crippen LogP contribution >= 0.6 is 0 Å². The molecule has 9 nitrogen and oxygen atoms in total. The fraction of sp³-hybridized carbons (Fsp3) is 0.385. The molecule has 0 radical (unpaired) electrons. The number of anilines is 1. The Morgan fingerprint density at radius 3 is 2.59 bits per heavy atom. The SMILES string of the molecule is CC(=O)NCC1CN(c2ccc(-c3ccc(CNCCn4cc([Si](C)(C)C)nn4)cc3)c(F)c2)C(=O)O1. The average Bonchev–Trinajstić information content (AvgIpc) is 3.48. The van der Waals surface area contributed by atoms with E-state index in [2.05, 4.69) is 40.6 Å². The highest BCUT2D eigenvalue weighted by molar-refractivity contribution is 6.88. The number of hydrogen-bond donors (Lipinski definition) is 2. The van der Waals surface area contributed by atoms with Gasteiger partial charge in [-0.3, -0.25) is 14.4 Å². The predicted molar refractivity (Wildman–Crippen MR) is 143 cm³/mol. The lowest BCUT2D eigenvalue weighted by Gasteiger charge is -2.15. The Hall–Kier alpha value is -3.57. The van der Waals surface area contributed by atoms with Crippen LogP contribution in [0.3, 0.4) is 0 Å². The first-order valence-electron chi connectivity index (χ1n) is 12.3. The molecular weight excluding hydrogens is 491 g/mol. The van der Waals surface area contributed by atoms with Crippen LogP contribution in [0.5, 0.6) is 0 Å². The number of halogens is 1. The molecule has 37 heavy (non-hydrogen) atoms. The van der Waals surface area contributed by atoms with E-state index >= 15 is 0 Å². The molecule has 2 aromatic carbocycles. The molecule has 2 heterocycles. The van der Waals surface area contributed by atoms with Gasteiger partial charge in [0.05, 0.1) is 30.6 Å². The molecule has 0 aliphatic carbocycles. The summed E-state index contributed by atoms with van der Waals surface area (Å²) in [5.74, 6) is -0.624. The summed E-state index contributed by atoms with van der Waals surface area (Å²) in [5.41, 5.74) is 2.71. The van der Waals surface area contributed by atoms with Gasteiger partial charge in [0.1, 0.15) is 20.0 Å². The molecule has 1 aliphatic heterocycles. The molecule has 0 spiro atoms. The molecule has 1 unspecified atom stereocenters. The van der Waals surface area contributed by atoms with E-state index in [1.807, 2.05) is 35.1 Å². The van der Waals surface area contributed by atoms with Gasteiger partial charge in [-0.1, -0.05) is 49.1 Å². The Kier molecular flexibility index (Phi) is 8.03. The summed E-state index contributed by atoms with van der Waals surface area (Å²) in [7, 11) is -1.45. The molecular formula is C26H33FN6O3Si. The Labute approximate surface area is 217 Å². The van der Waals surface area contributed by atoms with E-state index in [1.165, 1.54) is 17.9 Å². The first kappa shape index (κ1) is 26.5. The van der Waals surface area contributed by atoms with Crippen molar-refractivity contribution in [2.75, 3.05) is 24.5 Å². The molecule has 1 aliphatic rings. The number of ether oxygens (including phenoxy) is 1. The lowest BCUT2D eigenvalue weighted by Crippen LogP contribution is -2.38. The Morgan fingerprint density at radius 2 is 1.95 bits per heavy atom. The second kappa shape index (κ2) is 11.2. The van der Waals surface area contributed by atoms with Crippen LogP contribution in [0.1, 0.15) is 12.5 Å². The summed E-state index contributed by atoms with van der Waals surface area (Å²) in [4.78, 5) is 24.7. The fourth-order valence-electron chi connectivity index (χ4n) is 3.98. The molecule has 1 fully saturated rings. The van der Waals surface area contributed by atoms with Crippen molar-refractivity contribution in [2.45, 2.75) is 45.8 Å². The van der Waals surface area contributed by atoms with Crippen molar-refractivity contribution < 1.29 is 18.7 Å². The van der Waals surface area contributed by atoms with Crippen LogP contribution in [0.15, 0.2) is 48.7 Å². The number of nitrogens with one attached hydrogen (secondary N) is 2. The highest BCUT2D eigenvalue weighted by atomic mass is 28.3. The van der Waals surface area contributed by atoms with E-state index in [0.29, 0.717) is 17.8 Å². The van der Waals surface area contributed by atoms with Crippen LogP contribution in [0.4, 0.5) is 14.9 Å². The quantitative estimate of drug-likeness (QED) is 0.312. The highest BCUT2D eigenvalue weighted by Gasteiger charge is 2.32. The van der Waals surface area contributed by atoms with Gasteiger partial charge in [0.2, 0.25) is 5.91 Å². The lowest BCUT2D eigenvalue weighted by atomic mass is 10.0. The first-order valence-corrected chi connectivity index (χ1v) is 15.8. The number of nitrogens with zero attached hydrogens (tertiary/aromatic N) is 4. The molecule has 0 bridgehead atoms. The van der Waals surface area contributed by atoms with E-state index in [4.69, 9.17) is 4.74 Å². The Balaban J connectivity index is 1.30. The van der Waals surface area contributed by atoms with Crippen molar-refractivity contribution in [3.05, 3.63) is 60.0 Å². The zero-order chi connectivity index (χ0) is 26.6. The third kappa shape index (κ3) is 6.80. The number of aromatic nitrogens is 3. The van der Waals surface area contributed by atoms with Crippen LogP contribution < -0.4 is 20.9 Å². The van der Waals surface area contributed by atoms with Gasteiger partial charge < -0.3 is 15.4 Å². The Bertz CT molecular complexity index is 1260. The number of amides is 2. The van der Waals surface area contributed by atoms with Gasteiger partial charge in [-0.25, -0.2) is 9.18 Å². The maximum atomic E-state index is 15.0. The van der Waals surface area contributed by atoms with Crippen LogP contribution in [0.25, 0.3) is 11.1 Å². The van der Waals surface area contributed by atoms with Crippen molar-refractivity contribution in [3.63, 3.8) is 0 Å². The van der Waals surface area contributed by atoms with Crippen LogP contribution in [0, 0.1) is 5.82 Å². The van der Waals surface area contributed by atoms with Crippen molar-refractivity contribution in [1.82, 2.24) is 25.6 Å². The maximum absolute atomic E-state index is 15.0. The molecule has 196 valence electrons. The molecule has 0 saturated carbocycles. The minimum absolute atomic E-state index is 0.200. The fourth-order valence-corrected chi connectivity index (χ4v) is 4.86. The van der Waals surface area contributed by atoms with E-state index < -0.39 is 26.1 Å². The predicted octanol–water partition coefficient (Wildman–Crippen LogP) is 2.88. The molecule has 1 atom stereocenters. The van der Waals surface area contributed by atoms with E-state index in [0.717, 1.165) is 29.5 Å². The largest absolute Gasteiger partial charge is 0.442 e. The number of carbonyl (C=O) groups is 2. The molecule has 2 amide bonds. The molecule has 11 heteroatoms. The third-order valence-corrected chi connectivity index (χ3v) is 7.90. The van der Waals surface area contributed by atoms with Crippen LogP contribution in [0.2, 0.25) is 19.6 Å². The molecule has 1 aromatic heterocycles. The van der Waals surface area contributed by atoms with Gasteiger partial charge >= 0.3 is 6.09 Å².